The molecule has 0 spiro atoms. The minimum atomic E-state index is -3.91. The van der Waals surface area contributed by atoms with Crippen molar-refractivity contribution in [2.45, 2.75) is 30.9 Å². The van der Waals surface area contributed by atoms with E-state index in [0.29, 0.717) is 6.42 Å². The van der Waals surface area contributed by atoms with Gasteiger partial charge in [0.15, 0.2) is 0 Å². The number of hydrogen-bond donors (Lipinski definition) is 1. The molecule has 3 aromatic carbocycles. The number of carbonyl (C=O) groups is 1. The van der Waals surface area contributed by atoms with Crippen LogP contribution < -0.4 is 13.1 Å². The van der Waals surface area contributed by atoms with Crippen molar-refractivity contribution in [1.29, 1.82) is 0 Å². The van der Waals surface area contributed by atoms with Crippen molar-refractivity contribution in [2.24, 2.45) is 0 Å². The maximum absolute atomic E-state index is 10.9. The number of hydrogen-bond acceptors (Lipinski definition) is 1. The topological polar surface area (TPSA) is 37.3 Å². The summed E-state index contributed by atoms with van der Waals surface area (Å²) in [6.07, 6.45) is 2.67. The summed E-state index contributed by atoms with van der Waals surface area (Å²) in [7, 11) is 7.98. The van der Waals surface area contributed by atoms with Crippen LogP contribution in [-0.2, 0) is 4.79 Å². The average Bonchev–Trinajstić information content (AvgIpc) is 2.75. The van der Waals surface area contributed by atoms with Crippen LogP contribution in [0.5, 0.6) is 0 Å². The second-order valence-corrected chi connectivity index (χ2v) is 20.1. The molecule has 0 aliphatic carbocycles. The van der Waals surface area contributed by atoms with E-state index < -0.39 is 17.5 Å². The van der Waals surface area contributed by atoms with E-state index >= 15 is 0 Å². The van der Waals surface area contributed by atoms with E-state index in [2.05, 4.69) is 72.8 Å². The van der Waals surface area contributed by atoms with Crippen molar-refractivity contribution in [3.63, 3.8) is 0 Å². The molecule has 0 aromatic heterocycles. The van der Waals surface area contributed by atoms with Crippen molar-refractivity contribution in [1.82, 2.24) is 0 Å². The number of unbranched alkanes of at least 4 members (excludes halogenated alkanes) is 2. The predicted molar refractivity (Wildman–Crippen MR) is 121 cm³/mol. The van der Waals surface area contributed by atoms with Gasteiger partial charge >= 0.3 is 172 Å². The van der Waals surface area contributed by atoms with E-state index in [1.165, 1.54) is 13.1 Å². The molecule has 0 radical (unpaired) electrons. The maximum atomic E-state index is 10.9. The van der Waals surface area contributed by atoms with Crippen LogP contribution in [0, 0.1) is 0 Å². The molecule has 0 aliphatic heterocycles. The van der Waals surface area contributed by atoms with E-state index in [-0.39, 0.29) is 6.42 Å². The Morgan fingerprint density at radius 3 is 1.43 bits per heavy atom. The van der Waals surface area contributed by atoms with Crippen molar-refractivity contribution in [3.8, 4) is 0 Å². The first-order chi connectivity index (χ1) is 13.6. The van der Waals surface area contributed by atoms with Crippen LogP contribution in [0.2, 0.25) is 5.21 Å². The van der Waals surface area contributed by atoms with Crippen LogP contribution in [0.25, 0.3) is 0 Å². The molecule has 4 heteroatoms. The molecule has 3 aromatic rings. The number of benzene rings is 3. The first-order valence-corrected chi connectivity index (χ1v) is 16.3. The van der Waals surface area contributed by atoms with Gasteiger partial charge in [-0.05, 0) is 0 Å². The zero-order valence-electron chi connectivity index (χ0n) is 15.9. The van der Waals surface area contributed by atoms with Gasteiger partial charge in [0.1, 0.15) is 0 Å². The first-order valence-electron chi connectivity index (χ1n) is 9.67. The van der Waals surface area contributed by atoms with E-state index in [4.69, 9.17) is 15.1 Å². The van der Waals surface area contributed by atoms with Gasteiger partial charge < -0.3 is 0 Å². The molecular formula is C24H26AsClO2. The van der Waals surface area contributed by atoms with Crippen LogP contribution in [0.1, 0.15) is 25.7 Å². The molecule has 0 saturated carbocycles. The molecule has 146 valence electrons. The Kier molecular flexibility index (Phi) is 6.64. The summed E-state index contributed by atoms with van der Waals surface area (Å²) >= 11 is -3.91. The SMILES string of the molecule is O=C(O)CCCCC[As](Cl)(c1ccccc1)(c1ccccc1)c1ccccc1. The van der Waals surface area contributed by atoms with E-state index in [0.717, 1.165) is 18.1 Å². The van der Waals surface area contributed by atoms with Gasteiger partial charge in [-0.2, -0.15) is 0 Å². The molecule has 2 nitrogen and oxygen atoms in total. The van der Waals surface area contributed by atoms with Crippen LogP contribution in [0.3, 0.4) is 0 Å². The summed E-state index contributed by atoms with van der Waals surface area (Å²) in [5, 5.41) is 9.80. The molecule has 1 N–H and O–H groups in total. The van der Waals surface area contributed by atoms with Crippen molar-refractivity contribution in [3.05, 3.63) is 91.0 Å². The molecule has 28 heavy (non-hydrogen) atoms. The number of rotatable bonds is 9. The quantitative estimate of drug-likeness (QED) is 0.380. The standard InChI is InChI=1S/C24H26AsClO2/c26-25(21-13-5-1-6-14-21,22-15-7-2-8-16-22,23-17-9-3-10-18-23)20-12-4-11-19-24(27)28/h1-3,5-10,13-18H,4,11-12,19-20H2,(H,27,28). The Balaban J connectivity index is 2.12. The molecule has 0 amide bonds. The summed E-state index contributed by atoms with van der Waals surface area (Å²) in [5.74, 6) is -0.734. The molecule has 0 heterocycles. The predicted octanol–water partition coefficient (Wildman–Crippen LogP) is 4.49. The van der Waals surface area contributed by atoms with Gasteiger partial charge in [-0.15, -0.1) is 0 Å². The number of halogens is 1. The third kappa shape index (κ3) is 4.04. The van der Waals surface area contributed by atoms with Crippen LogP contribution >= 0.6 is 9.95 Å². The van der Waals surface area contributed by atoms with Crippen LogP contribution in [0.15, 0.2) is 91.0 Å². The van der Waals surface area contributed by atoms with Crippen molar-refractivity contribution in [2.75, 3.05) is 0 Å². The summed E-state index contributed by atoms with van der Waals surface area (Å²) in [6.45, 7) is 0. The van der Waals surface area contributed by atoms with Gasteiger partial charge in [-0.1, -0.05) is 0 Å². The Morgan fingerprint density at radius 1 is 0.679 bits per heavy atom. The summed E-state index contributed by atoms with van der Waals surface area (Å²) in [6, 6.07) is 31.4. The fourth-order valence-electron chi connectivity index (χ4n) is 3.91. The Hall–Kier alpha value is -2.02. The second kappa shape index (κ2) is 8.99. The van der Waals surface area contributed by atoms with Crippen LogP contribution in [0.4, 0.5) is 0 Å². The molecule has 0 aliphatic rings. The molecular weight excluding hydrogens is 431 g/mol. The summed E-state index contributed by atoms with van der Waals surface area (Å²) in [5.41, 5.74) is 0. The molecule has 0 fully saturated rings. The number of carboxylic acids is 1. The normalized spacial score (nSPS) is 12.8. The summed E-state index contributed by atoms with van der Waals surface area (Å²) < 4.78 is 3.62. The molecule has 3 rings (SSSR count). The third-order valence-electron chi connectivity index (χ3n) is 5.35. The molecule has 0 saturated heterocycles. The van der Waals surface area contributed by atoms with Gasteiger partial charge in [0.25, 0.3) is 0 Å². The van der Waals surface area contributed by atoms with Gasteiger partial charge in [0, 0.05) is 0 Å². The third-order valence-corrected chi connectivity index (χ3v) is 20.4. The molecule has 0 atom stereocenters. The fraction of sp³-hybridized carbons (Fsp3) is 0.208. The minimum absolute atomic E-state index is 0.214. The summed E-state index contributed by atoms with van der Waals surface area (Å²) in [4.78, 5) is 10.9. The fourth-order valence-corrected chi connectivity index (χ4v) is 16.5. The Morgan fingerprint density at radius 2 is 1.07 bits per heavy atom. The Labute approximate surface area is 172 Å². The van der Waals surface area contributed by atoms with Gasteiger partial charge in [0.2, 0.25) is 0 Å². The van der Waals surface area contributed by atoms with Gasteiger partial charge in [-0.3, -0.25) is 0 Å². The van der Waals surface area contributed by atoms with Crippen molar-refractivity contribution >= 4 is 40.5 Å². The molecule has 0 bridgehead atoms. The van der Waals surface area contributed by atoms with Gasteiger partial charge in [0.05, 0.1) is 0 Å². The monoisotopic (exact) mass is 456 g/mol. The zero-order chi connectivity index (χ0) is 19.9. The van der Waals surface area contributed by atoms with Crippen molar-refractivity contribution < 1.29 is 9.90 Å². The van der Waals surface area contributed by atoms with E-state index in [9.17, 15) is 4.79 Å². The zero-order valence-corrected chi connectivity index (χ0v) is 18.5. The van der Waals surface area contributed by atoms with Crippen LogP contribution in [-0.4, -0.2) is 22.6 Å². The molecule has 0 unspecified atom stereocenters. The van der Waals surface area contributed by atoms with E-state index in [1.54, 1.807) is 0 Å². The second-order valence-electron chi connectivity index (χ2n) is 7.12. The van der Waals surface area contributed by atoms with Gasteiger partial charge in [-0.25, -0.2) is 0 Å². The van der Waals surface area contributed by atoms with E-state index in [1.807, 2.05) is 18.2 Å². The number of carboxylic acid groups (broad SMARTS) is 1. The average molecular weight is 457 g/mol. The first kappa shape index (κ1) is 20.7. The number of aliphatic carboxylic acids is 1. The Bertz CT molecular complexity index is 798.